The summed E-state index contributed by atoms with van der Waals surface area (Å²) >= 11 is 0. The van der Waals surface area contributed by atoms with E-state index >= 15 is 0 Å². The summed E-state index contributed by atoms with van der Waals surface area (Å²) in [7, 11) is 1.86. The molecule has 3 aliphatic rings. The maximum Gasteiger partial charge on any atom is 0.327 e. The van der Waals surface area contributed by atoms with Crippen LogP contribution in [0.2, 0.25) is 0 Å². The maximum atomic E-state index is 13.0. The van der Waals surface area contributed by atoms with E-state index in [0.717, 1.165) is 62.6 Å². The lowest BCUT2D eigenvalue weighted by molar-refractivity contribution is 0.0125. The van der Waals surface area contributed by atoms with Gasteiger partial charge in [-0.2, -0.15) is 0 Å². The third kappa shape index (κ3) is 4.70. The number of carbonyl (C=O) groups excluding carboxylic acids is 1. The van der Waals surface area contributed by atoms with Crippen LogP contribution in [-0.2, 0) is 7.05 Å². The van der Waals surface area contributed by atoms with Gasteiger partial charge < -0.3 is 14.8 Å². The van der Waals surface area contributed by atoms with Crippen LogP contribution in [0.3, 0.4) is 0 Å². The van der Waals surface area contributed by atoms with E-state index < -0.39 is 0 Å². The first-order valence-corrected chi connectivity index (χ1v) is 13.0. The number of piperidine rings is 2. The molecule has 0 radical (unpaired) electrons. The zero-order valence-electron chi connectivity index (χ0n) is 21.6. The number of rotatable bonds is 3. The first-order chi connectivity index (χ1) is 16.7. The van der Waals surface area contributed by atoms with Gasteiger partial charge in [-0.3, -0.25) is 14.3 Å². The molecule has 0 saturated carbocycles. The van der Waals surface area contributed by atoms with Crippen LogP contribution in [0.25, 0.3) is 6.08 Å². The van der Waals surface area contributed by atoms with Gasteiger partial charge in [0.2, 0.25) is 0 Å². The molecule has 188 valence electrons. The molecule has 2 aromatic rings. The van der Waals surface area contributed by atoms with E-state index in [2.05, 4.69) is 47.7 Å². The van der Waals surface area contributed by atoms with Crippen molar-refractivity contribution in [3.63, 3.8) is 0 Å². The fourth-order valence-electron chi connectivity index (χ4n) is 6.23. The van der Waals surface area contributed by atoms with E-state index in [9.17, 15) is 9.59 Å². The third-order valence-electron chi connectivity index (χ3n) is 7.97. The molecule has 1 atom stereocenters. The number of imidazole rings is 1. The summed E-state index contributed by atoms with van der Waals surface area (Å²) in [4.78, 5) is 35.5. The van der Waals surface area contributed by atoms with Crippen molar-refractivity contribution in [2.75, 3.05) is 37.6 Å². The zero-order valence-corrected chi connectivity index (χ0v) is 21.6. The van der Waals surface area contributed by atoms with Gasteiger partial charge in [0.1, 0.15) is 12.0 Å². The SMILES string of the molecule is Cn1c2c([nH]c1=O)C=CC(N1CCCC3(CCN(C(=O)c4ccccc4)CC3)C1)N2CC(C)(C)C. The van der Waals surface area contributed by atoms with Crippen molar-refractivity contribution in [1.82, 2.24) is 19.4 Å². The van der Waals surface area contributed by atoms with Gasteiger partial charge in [-0.05, 0) is 60.8 Å². The summed E-state index contributed by atoms with van der Waals surface area (Å²) < 4.78 is 1.75. The van der Waals surface area contributed by atoms with E-state index in [0.29, 0.717) is 0 Å². The van der Waals surface area contributed by atoms with Crippen molar-refractivity contribution in [3.8, 4) is 0 Å². The van der Waals surface area contributed by atoms with Gasteiger partial charge in [-0.1, -0.05) is 39.0 Å². The molecule has 2 saturated heterocycles. The lowest BCUT2D eigenvalue weighted by atomic mass is 9.72. The molecule has 1 aromatic heterocycles. The number of H-pyrrole nitrogens is 1. The lowest BCUT2D eigenvalue weighted by Crippen LogP contribution is -2.58. The number of likely N-dealkylation sites (tertiary alicyclic amines) is 2. The topological polar surface area (TPSA) is 64.6 Å². The van der Waals surface area contributed by atoms with Crippen LogP contribution >= 0.6 is 0 Å². The van der Waals surface area contributed by atoms with Gasteiger partial charge in [-0.15, -0.1) is 0 Å². The number of nitrogens with one attached hydrogen (secondary N) is 1. The molecule has 1 aromatic carbocycles. The monoisotopic (exact) mass is 477 g/mol. The van der Waals surface area contributed by atoms with Crippen LogP contribution in [0.1, 0.15) is 62.5 Å². The number of carbonyl (C=O) groups is 1. The number of benzene rings is 1. The number of aromatic nitrogens is 2. The Morgan fingerprint density at radius 1 is 1.09 bits per heavy atom. The molecule has 7 nitrogen and oxygen atoms in total. The highest BCUT2D eigenvalue weighted by Gasteiger charge is 2.43. The minimum atomic E-state index is -0.0650. The van der Waals surface area contributed by atoms with Crippen molar-refractivity contribution in [1.29, 1.82) is 0 Å². The highest BCUT2D eigenvalue weighted by atomic mass is 16.2. The molecule has 1 unspecified atom stereocenters. The number of hydrogen-bond donors (Lipinski definition) is 1. The summed E-state index contributed by atoms with van der Waals surface area (Å²) in [5.41, 5.74) is 1.95. The van der Waals surface area contributed by atoms with Crippen LogP contribution in [0, 0.1) is 10.8 Å². The first-order valence-electron chi connectivity index (χ1n) is 13.0. The zero-order chi connectivity index (χ0) is 24.8. The van der Waals surface area contributed by atoms with Crippen LogP contribution in [0.4, 0.5) is 5.82 Å². The molecule has 2 fully saturated rings. The van der Waals surface area contributed by atoms with Gasteiger partial charge in [0.15, 0.2) is 0 Å². The van der Waals surface area contributed by atoms with Crippen molar-refractivity contribution in [2.24, 2.45) is 17.9 Å². The summed E-state index contributed by atoms with van der Waals surface area (Å²) in [6, 6.07) is 9.65. The van der Waals surface area contributed by atoms with Crippen LogP contribution in [-0.4, -0.2) is 64.1 Å². The standard InChI is InChI=1S/C28H39N5O2/c1-27(2,3)19-33-23(12-11-22-24(33)30(4)26(35)29-22)32-16-8-13-28(20-32)14-17-31(18-15-28)25(34)21-9-6-5-7-10-21/h5-7,9-12,23H,8,13-20H2,1-4H3,(H,29,35). The number of nitrogens with zero attached hydrogens (tertiary/aromatic N) is 4. The molecule has 5 rings (SSSR count). The maximum absolute atomic E-state index is 13.0. The molecule has 1 N–H and O–H groups in total. The fourth-order valence-corrected chi connectivity index (χ4v) is 6.23. The molecule has 0 bridgehead atoms. The minimum absolute atomic E-state index is 0.0650. The number of anilines is 1. The molecule has 35 heavy (non-hydrogen) atoms. The Morgan fingerprint density at radius 2 is 1.80 bits per heavy atom. The predicted molar refractivity (Wildman–Crippen MR) is 140 cm³/mol. The summed E-state index contributed by atoms with van der Waals surface area (Å²) in [5.74, 6) is 1.14. The van der Waals surface area contributed by atoms with Gasteiger partial charge in [0, 0.05) is 45.3 Å². The minimum Gasteiger partial charge on any atom is -0.339 e. The Kier molecular flexibility index (Phi) is 6.16. The van der Waals surface area contributed by atoms with Gasteiger partial charge >= 0.3 is 5.69 Å². The molecular formula is C28H39N5O2. The molecule has 3 aliphatic heterocycles. The van der Waals surface area contributed by atoms with E-state index in [1.807, 2.05) is 42.3 Å². The van der Waals surface area contributed by atoms with Gasteiger partial charge in [0.05, 0.1) is 5.69 Å². The molecule has 1 amide bonds. The quantitative estimate of drug-likeness (QED) is 0.727. The van der Waals surface area contributed by atoms with Crippen LogP contribution < -0.4 is 10.6 Å². The Hall–Kier alpha value is -2.80. The van der Waals surface area contributed by atoms with E-state index in [4.69, 9.17) is 0 Å². The molecule has 4 heterocycles. The highest BCUT2D eigenvalue weighted by molar-refractivity contribution is 5.94. The average molecular weight is 478 g/mol. The van der Waals surface area contributed by atoms with E-state index in [1.54, 1.807) is 4.57 Å². The predicted octanol–water partition coefficient (Wildman–Crippen LogP) is 3.94. The lowest BCUT2D eigenvalue weighted by Gasteiger charge is -2.52. The molecule has 0 aliphatic carbocycles. The molecular weight excluding hydrogens is 438 g/mol. The number of aromatic amines is 1. The second-order valence-corrected chi connectivity index (χ2v) is 11.9. The van der Waals surface area contributed by atoms with Gasteiger partial charge in [0.25, 0.3) is 5.91 Å². The Bertz CT molecular complexity index is 1150. The second-order valence-electron chi connectivity index (χ2n) is 11.9. The normalized spacial score (nSPS) is 22.5. The largest absolute Gasteiger partial charge is 0.339 e. The second kappa shape index (κ2) is 9.01. The smallest absolute Gasteiger partial charge is 0.327 e. The number of amides is 1. The fraction of sp³-hybridized carbons (Fsp3) is 0.571. The Morgan fingerprint density at radius 3 is 2.49 bits per heavy atom. The average Bonchev–Trinajstić information content (AvgIpc) is 3.13. The summed E-state index contributed by atoms with van der Waals surface area (Å²) in [5, 5.41) is 0. The van der Waals surface area contributed by atoms with Crippen molar-refractivity contribution in [3.05, 3.63) is 58.1 Å². The van der Waals surface area contributed by atoms with Gasteiger partial charge in [-0.25, -0.2) is 4.79 Å². The molecule has 7 heteroatoms. The summed E-state index contributed by atoms with van der Waals surface area (Å²) in [6.07, 6.45) is 8.96. The number of hydrogen-bond acceptors (Lipinski definition) is 4. The number of fused-ring (bicyclic) bond motifs is 1. The van der Waals surface area contributed by atoms with E-state index in [-0.39, 0.29) is 28.6 Å². The summed E-state index contributed by atoms with van der Waals surface area (Å²) in [6.45, 7) is 11.4. The van der Waals surface area contributed by atoms with E-state index in [1.165, 1.54) is 12.8 Å². The van der Waals surface area contributed by atoms with Crippen LogP contribution in [0.15, 0.2) is 41.2 Å². The Balaban J connectivity index is 1.33. The third-order valence-corrected chi connectivity index (χ3v) is 7.97. The van der Waals surface area contributed by atoms with Crippen molar-refractivity contribution < 1.29 is 4.79 Å². The van der Waals surface area contributed by atoms with Crippen molar-refractivity contribution in [2.45, 2.75) is 52.6 Å². The Labute approximate surface area is 208 Å². The van der Waals surface area contributed by atoms with Crippen LogP contribution in [0.5, 0.6) is 0 Å². The van der Waals surface area contributed by atoms with Crippen molar-refractivity contribution >= 4 is 17.8 Å². The first kappa shape index (κ1) is 23.9. The highest BCUT2D eigenvalue weighted by Crippen LogP contribution is 2.42. The molecule has 1 spiro atoms.